The smallest absolute Gasteiger partial charge is 0.257 e. The maximum Gasteiger partial charge on any atom is 0.257 e. The van der Waals surface area contributed by atoms with E-state index in [4.69, 9.17) is 4.52 Å². The summed E-state index contributed by atoms with van der Waals surface area (Å²) < 4.78 is 32.4. The van der Waals surface area contributed by atoms with Crippen LogP contribution in [0.4, 0.5) is 0 Å². The highest BCUT2D eigenvalue weighted by Gasteiger charge is 2.29. The summed E-state index contributed by atoms with van der Waals surface area (Å²) in [6.45, 7) is 2.49. The summed E-state index contributed by atoms with van der Waals surface area (Å²) in [5, 5.41) is 4.17. The number of sulfonamides is 1. The van der Waals surface area contributed by atoms with Gasteiger partial charge in [-0.3, -0.25) is 4.79 Å². The summed E-state index contributed by atoms with van der Waals surface area (Å²) in [5.41, 5.74) is 1.71. The van der Waals surface area contributed by atoms with Crippen molar-refractivity contribution in [3.8, 4) is 11.5 Å². The van der Waals surface area contributed by atoms with Crippen LogP contribution in [0, 0.1) is 0 Å². The third-order valence-corrected chi connectivity index (χ3v) is 8.57. The fourth-order valence-electron chi connectivity index (χ4n) is 4.63. The zero-order valence-corrected chi connectivity index (χ0v) is 19.8. The monoisotopic (exact) mass is 480 g/mol. The number of amides is 1. The number of piperidine rings is 1. The molecule has 3 heterocycles. The van der Waals surface area contributed by atoms with E-state index in [0.717, 1.165) is 31.2 Å². The quantitative estimate of drug-likeness (QED) is 0.536. The summed E-state index contributed by atoms with van der Waals surface area (Å²) in [6, 6.07) is 16.4. The van der Waals surface area contributed by atoms with E-state index in [1.807, 2.05) is 35.2 Å². The van der Waals surface area contributed by atoms with Crippen LogP contribution in [0.1, 0.15) is 43.0 Å². The van der Waals surface area contributed by atoms with Crippen LogP contribution in [0.3, 0.4) is 0 Å². The highest BCUT2D eigenvalue weighted by atomic mass is 32.2. The Kier molecular flexibility index (Phi) is 6.47. The maximum atomic E-state index is 12.7. The van der Waals surface area contributed by atoms with Gasteiger partial charge in [0.15, 0.2) is 5.82 Å². The molecule has 2 aromatic carbocycles. The molecule has 0 unspecified atom stereocenters. The third kappa shape index (κ3) is 4.76. The molecule has 1 aromatic heterocycles. The lowest BCUT2D eigenvalue weighted by Gasteiger charge is -2.30. The maximum absolute atomic E-state index is 12.7. The Labute approximate surface area is 199 Å². The lowest BCUT2D eigenvalue weighted by Crippen LogP contribution is -2.39. The van der Waals surface area contributed by atoms with E-state index in [9.17, 15) is 13.2 Å². The molecular formula is C25H28N4O4S. The molecule has 0 radical (unpaired) electrons. The van der Waals surface area contributed by atoms with Crippen LogP contribution in [0.25, 0.3) is 11.5 Å². The Bertz CT molecular complexity index is 1230. The number of benzene rings is 2. The van der Waals surface area contributed by atoms with Gasteiger partial charge in [-0.25, -0.2) is 8.42 Å². The fraction of sp³-hybridized carbons (Fsp3) is 0.400. The van der Waals surface area contributed by atoms with Crippen LogP contribution < -0.4 is 0 Å². The number of carbonyl (C=O) groups is 1. The number of nitrogens with zero attached hydrogens (tertiary/aromatic N) is 4. The summed E-state index contributed by atoms with van der Waals surface area (Å²) in [7, 11) is -3.45. The normalized spacial score (nSPS) is 17.8. The molecule has 0 N–H and O–H groups in total. The van der Waals surface area contributed by atoms with Gasteiger partial charge in [-0.15, -0.1) is 0 Å². The van der Waals surface area contributed by atoms with Crippen LogP contribution in [-0.4, -0.2) is 59.8 Å². The Morgan fingerprint density at radius 3 is 2.29 bits per heavy atom. The van der Waals surface area contributed by atoms with Crippen LogP contribution in [0.2, 0.25) is 0 Å². The molecule has 2 aliphatic rings. The van der Waals surface area contributed by atoms with Gasteiger partial charge in [-0.1, -0.05) is 35.5 Å². The standard InChI is InChI=1S/C25H28N4O4S/c30-23(18-19-6-2-1-3-7-19)28-16-12-20(13-17-28)24-26-25(33-27-24)21-8-10-22(11-9-21)34(31,32)29-14-4-5-15-29/h1-3,6-11,20H,4-5,12-18H2. The van der Waals surface area contributed by atoms with Crippen LogP contribution in [0.5, 0.6) is 0 Å². The number of rotatable bonds is 6. The van der Waals surface area contributed by atoms with Gasteiger partial charge in [-0.05, 0) is 55.5 Å². The van der Waals surface area contributed by atoms with E-state index in [1.54, 1.807) is 24.3 Å². The van der Waals surface area contributed by atoms with E-state index >= 15 is 0 Å². The summed E-state index contributed by atoms with van der Waals surface area (Å²) in [5.74, 6) is 1.29. The highest BCUT2D eigenvalue weighted by Crippen LogP contribution is 2.29. The van der Waals surface area contributed by atoms with Crippen molar-refractivity contribution in [3.63, 3.8) is 0 Å². The van der Waals surface area contributed by atoms with Gasteiger partial charge in [0.25, 0.3) is 5.89 Å². The predicted molar refractivity (Wildman–Crippen MR) is 126 cm³/mol. The first kappa shape index (κ1) is 22.7. The second kappa shape index (κ2) is 9.68. The van der Waals surface area contributed by atoms with Crippen molar-refractivity contribution in [2.45, 2.75) is 42.9 Å². The van der Waals surface area contributed by atoms with Crippen molar-refractivity contribution in [2.24, 2.45) is 0 Å². The van der Waals surface area contributed by atoms with Gasteiger partial charge >= 0.3 is 0 Å². The molecule has 2 saturated heterocycles. The largest absolute Gasteiger partial charge is 0.342 e. The first-order chi connectivity index (χ1) is 16.5. The lowest BCUT2D eigenvalue weighted by molar-refractivity contribution is -0.131. The number of carbonyl (C=O) groups excluding carboxylic acids is 1. The number of hydrogen-bond acceptors (Lipinski definition) is 6. The zero-order valence-electron chi connectivity index (χ0n) is 19.0. The predicted octanol–water partition coefficient (Wildman–Crippen LogP) is 3.47. The third-order valence-electron chi connectivity index (χ3n) is 6.66. The molecule has 5 rings (SSSR count). The zero-order chi connectivity index (χ0) is 23.5. The van der Waals surface area contributed by atoms with Crippen molar-refractivity contribution in [1.29, 1.82) is 0 Å². The highest BCUT2D eigenvalue weighted by molar-refractivity contribution is 7.89. The molecule has 9 heteroatoms. The Morgan fingerprint density at radius 2 is 1.62 bits per heavy atom. The van der Waals surface area contributed by atoms with E-state index in [1.165, 1.54) is 4.31 Å². The minimum atomic E-state index is -3.45. The molecule has 0 aliphatic carbocycles. The van der Waals surface area contributed by atoms with Crippen LogP contribution in [0.15, 0.2) is 64.0 Å². The molecule has 0 bridgehead atoms. The SMILES string of the molecule is O=C(Cc1ccccc1)N1CCC(c2noc(-c3ccc(S(=O)(=O)N4CCCC4)cc3)n2)CC1. The number of aromatic nitrogens is 2. The van der Waals surface area contributed by atoms with E-state index in [2.05, 4.69) is 10.1 Å². The molecule has 0 atom stereocenters. The summed E-state index contributed by atoms with van der Waals surface area (Å²) in [4.78, 5) is 19.4. The molecular weight excluding hydrogens is 452 g/mol. The second-order valence-corrected chi connectivity index (χ2v) is 10.8. The Balaban J connectivity index is 1.20. The van der Waals surface area contributed by atoms with Gasteiger partial charge < -0.3 is 9.42 Å². The van der Waals surface area contributed by atoms with Crippen LogP contribution in [-0.2, 0) is 21.2 Å². The Morgan fingerprint density at radius 1 is 0.941 bits per heavy atom. The number of likely N-dealkylation sites (tertiary alicyclic amines) is 1. The van der Waals surface area contributed by atoms with Crippen molar-refractivity contribution < 1.29 is 17.7 Å². The van der Waals surface area contributed by atoms with Gasteiger partial charge in [0.1, 0.15) is 0 Å². The summed E-state index contributed by atoms with van der Waals surface area (Å²) >= 11 is 0. The van der Waals surface area contributed by atoms with Crippen molar-refractivity contribution in [1.82, 2.24) is 19.3 Å². The number of hydrogen-bond donors (Lipinski definition) is 0. The average Bonchev–Trinajstić information content (AvgIpc) is 3.58. The molecule has 178 valence electrons. The molecule has 1 amide bonds. The average molecular weight is 481 g/mol. The fourth-order valence-corrected chi connectivity index (χ4v) is 6.15. The van der Waals surface area contributed by atoms with E-state index in [-0.39, 0.29) is 16.7 Å². The Hall–Kier alpha value is -3.04. The first-order valence-corrected chi connectivity index (χ1v) is 13.2. The molecule has 0 saturated carbocycles. The minimum absolute atomic E-state index is 0.132. The lowest BCUT2D eigenvalue weighted by atomic mass is 9.95. The van der Waals surface area contributed by atoms with Gasteiger partial charge in [0, 0.05) is 37.7 Å². The molecule has 2 fully saturated rings. The van der Waals surface area contributed by atoms with Crippen molar-refractivity contribution in [3.05, 3.63) is 66.0 Å². The van der Waals surface area contributed by atoms with E-state index in [0.29, 0.717) is 49.9 Å². The topological polar surface area (TPSA) is 96.6 Å². The van der Waals surface area contributed by atoms with Gasteiger partial charge in [0.2, 0.25) is 15.9 Å². The summed E-state index contributed by atoms with van der Waals surface area (Å²) in [6.07, 6.45) is 3.80. The van der Waals surface area contributed by atoms with Crippen molar-refractivity contribution >= 4 is 15.9 Å². The van der Waals surface area contributed by atoms with Crippen molar-refractivity contribution in [2.75, 3.05) is 26.2 Å². The molecule has 34 heavy (non-hydrogen) atoms. The first-order valence-electron chi connectivity index (χ1n) is 11.8. The molecule has 3 aromatic rings. The molecule has 2 aliphatic heterocycles. The molecule has 0 spiro atoms. The minimum Gasteiger partial charge on any atom is -0.342 e. The van der Waals surface area contributed by atoms with Gasteiger partial charge in [-0.2, -0.15) is 9.29 Å². The van der Waals surface area contributed by atoms with Crippen LogP contribution >= 0.6 is 0 Å². The van der Waals surface area contributed by atoms with E-state index < -0.39 is 10.0 Å². The van der Waals surface area contributed by atoms with Gasteiger partial charge in [0.05, 0.1) is 11.3 Å². The molecule has 8 nitrogen and oxygen atoms in total. The second-order valence-electron chi connectivity index (χ2n) is 8.91.